The summed E-state index contributed by atoms with van der Waals surface area (Å²) in [6, 6.07) is 8.22. The van der Waals surface area contributed by atoms with Gasteiger partial charge in [-0.05, 0) is 46.6 Å². The molecule has 0 fully saturated rings. The van der Waals surface area contributed by atoms with Crippen LogP contribution in [0.15, 0.2) is 39.2 Å². The number of halogens is 2. The Balaban J connectivity index is 0.00000242. The van der Waals surface area contributed by atoms with E-state index in [0.717, 1.165) is 22.0 Å². The third-order valence-electron chi connectivity index (χ3n) is 3.13. The Labute approximate surface area is 161 Å². The highest BCUT2D eigenvalue weighted by molar-refractivity contribution is 14.0. The van der Waals surface area contributed by atoms with E-state index in [1.54, 1.807) is 18.4 Å². The second-order valence-corrected chi connectivity index (χ2v) is 7.28. The molecule has 1 N–H and O–H groups in total. The molecule has 0 aliphatic heterocycles. The van der Waals surface area contributed by atoms with E-state index in [2.05, 4.69) is 61.2 Å². The molecule has 0 amide bonds. The normalized spacial score (nSPS) is 11.0. The van der Waals surface area contributed by atoms with Gasteiger partial charge in [-0.3, -0.25) is 9.98 Å². The van der Waals surface area contributed by atoms with Crippen LogP contribution in [-0.4, -0.2) is 29.9 Å². The van der Waals surface area contributed by atoms with E-state index in [-0.39, 0.29) is 24.0 Å². The van der Waals surface area contributed by atoms with E-state index >= 15 is 0 Å². The van der Waals surface area contributed by atoms with Gasteiger partial charge in [-0.15, -0.1) is 35.3 Å². The molecule has 0 radical (unpaired) electrons. The van der Waals surface area contributed by atoms with Crippen LogP contribution < -0.4 is 5.32 Å². The second-order valence-electron chi connectivity index (χ2n) is 4.73. The fraction of sp³-hybridized carbons (Fsp3) is 0.333. The zero-order valence-electron chi connectivity index (χ0n) is 12.8. The molecule has 22 heavy (non-hydrogen) atoms. The number of nitrogens with one attached hydrogen (secondary N) is 1. The van der Waals surface area contributed by atoms with Crippen molar-refractivity contribution >= 4 is 57.2 Å². The lowest BCUT2D eigenvalue weighted by Gasteiger charge is -2.21. The number of nitrogens with zero attached hydrogens (tertiary/aromatic N) is 3. The summed E-state index contributed by atoms with van der Waals surface area (Å²) in [6.45, 7) is 3.58. The molecule has 7 heteroatoms. The molecule has 2 aromatic rings. The maximum atomic E-state index is 4.39. The van der Waals surface area contributed by atoms with Crippen molar-refractivity contribution in [2.45, 2.75) is 20.0 Å². The van der Waals surface area contributed by atoms with Gasteiger partial charge in [0.2, 0.25) is 0 Å². The first-order valence-corrected chi connectivity index (χ1v) is 8.27. The number of hydrogen-bond donors (Lipinski definition) is 1. The zero-order chi connectivity index (χ0) is 15.2. The van der Waals surface area contributed by atoms with E-state index in [1.165, 1.54) is 10.4 Å². The summed E-state index contributed by atoms with van der Waals surface area (Å²) >= 11 is 5.23. The standard InChI is InChI=1S/C15H19BrN4S.HI/c1-11-5-4-8-18-13(11)9-19-15(17-2)20(3)10-12-6-7-14(16)21-12;/h4-8H,9-10H2,1-3H3,(H,17,19);1H. The Bertz CT molecular complexity index is 630. The van der Waals surface area contributed by atoms with E-state index < -0.39 is 0 Å². The largest absolute Gasteiger partial charge is 0.351 e. The highest BCUT2D eigenvalue weighted by Crippen LogP contribution is 2.22. The molecule has 2 heterocycles. The predicted molar refractivity (Wildman–Crippen MR) is 108 cm³/mol. The van der Waals surface area contributed by atoms with Crippen LogP contribution in [0.1, 0.15) is 16.1 Å². The van der Waals surface area contributed by atoms with Gasteiger partial charge in [0.15, 0.2) is 5.96 Å². The van der Waals surface area contributed by atoms with Crippen LogP contribution in [0, 0.1) is 6.92 Å². The molecular weight excluding hydrogens is 475 g/mol. The van der Waals surface area contributed by atoms with Crippen molar-refractivity contribution < 1.29 is 0 Å². The number of pyridine rings is 1. The van der Waals surface area contributed by atoms with Gasteiger partial charge >= 0.3 is 0 Å². The lowest BCUT2D eigenvalue weighted by Crippen LogP contribution is -2.38. The number of aliphatic imine (C=N–C) groups is 1. The molecule has 0 aliphatic carbocycles. The summed E-state index contributed by atoms with van der Waals surface area (Å²) in [5, 5.41) is 3.36. The van der Waals surface area contributed by atoms with Gasteiger partial charge in [0, 0.05) is 25.2 Å². The molecule has 0 unspecified atom stereocenters. The van der Waals surface area contributed by atoms with Crippen molar-refractivity contribution in [1.82, 2.24) is 15.2 Å². The van der Waals surface area contributed by atoms with Crippen LogP contribution in [0.3, 0.4) is 0 Å². The van der Waals surface area contributed by atoms with E-state index in [9.17, 15) is 0 Å². The van der Waals surface area contributed by atoms with Gasteiger partial charge in [-0.2, -0.15) is 0 Å². The third kappa shape index (κ3) is 5.51. The molecule has 0 spiro atoms. The van der Waals surface area contributed by atoms with E-state index in [4.69, 9.17) is 0 Å². The Morgan fingerprint density at radius 2 is 2.18 bits per heavy atom. The van der Waals surface area contributed by atoms with Gasteiger partial charge in [0.1, 0.15) is 0 Å². The second kappa shape index (κ2) is 9.46. The van der Waals surface area contributed by atoms with Crippen LogP contribution in [0.5, 0.6) is 0 Å². The molecule has 0 aliphatic rings. The Hall–Kier alpha value is -0.670. The maximum Gasteiger partial charge on any atom is 0.194 e. The number of hydrogen-bond acceptors (Lipinski definition) is 3. The van der Waals surface area contributed by atoms with Crippen molar-refractivity contribution in [2.75, 3.05) is 14.1 Å². The molecule has 4 nitrogen and oxygen atoms in total. The highest BCUT2D eigenvalue weighted by Gasteiger charge is 2.09. The van der Waals surface area contributed by atoms with Gasteiger partial charge < -0.3 is 10.2 Å². The minimum atomic E-state index is 0. The molecule has 0 saturated heterocycles. The number of aromatic nitrogens is 1. The Morgan fingerprint density at radius 1 is 1.41 bits per heavy atom. The quantitative estimate of drug-likeness (QED) is 0.396. The van der Waals surface area contributed by atoms with Crippen molar-refractivity contribution in [3.05, 3.63) is 50.4 Å². The summed E-state index contributed by atoms with van der Waals surface area (Å²) < 4.78 is 1.15. The minimum absolute atomic E-state index is 0. The first-order valence-electron chi connectivity index (χ1n) is 6.66. The molecular formula is C15H20BrIN4S. The third-order valence-corrected chi connectivity index (χ3v) is 4.74. The first kappa shape index (κ1) is 19.4. The average Bonchev–Trinajstić information content (AvgIpc) is 2.86. The van der Waals surface area contributed by atoms with Gasteiger partial charge in [0.05, 0.1) is 22.6 Å². The number of aryl methyl sites for hydroxylation is 1. The SMILES string of the molecule is CN=C(NCc1ncccc1C)N(C)Cc1ccc(Br)s1.I. The molecule has 120 valence electrons. The zero-order valence-corrected chi connectivity index (χ0v) is 17.6. The summed E-state index contributed by atoms with van der Waals surface area (Å²) in [5.41, 5.74) is 2.23. The first-order chi connectivity index (χ1) is 10.1. The lowest BCUT2D eigenvalue weighted by molar-refractivity contribution is 0.480. The lowest BCUT2D eigenvalue weighted by atomic mass is 10.2. The fourth-order valence-electron chi connectivity index (χ4n) is 2.00. The summed E-state index contributed by atoms with van der Waals surface area (Å²) in [4.78, 5) is 12.1. The molecule has 0 atom stereocenters. The Kier molecular flexibility index (Phi) is 8.34. The van der Waals surface area contributed by atoms with Gasteiger partial charge in [-0.25, -0.2) is 0 Å². The monoisotopic (exact) mass is 494 g/mol. The molecule has 0 bridgehead atoms. The van der Waals surface area contributed by atoms with Crippen LogP contribution >= 0.6 is 51.2 Å². The fourth-order valence-corrected chi connectivity index (χ4v) is 3.53. The summed E-state index contributed by atoms with van der Waals surface area (Å²) in [6.07, 6.45) is 1.82. The maximum absolute atomic E-state index is 4.39. The predicted octanol–water partition coefficient (Wildman–Crippen LogP) is 4.04. The number of thiophene rings is 1. The number of rotatable bonds is 4. The van der Waals surface area contributed by atoms with E-state index in [0.29, 0.717) is 6.54 Å². The van der Waals surface area contributed by atoms with E-state index in [1.807, 2.05) is 19.3 Å². The molecule has 0 saturated carbocycles. The molecule has 2 aromatic heterocycles. The number of guanidine groups is 1. The van der Waals surface area contributed by atoms with Crippen molar-refractivity contribution in [2.24, 2.45) is 4.99 Å². The summed E-state index contributed by atoms with van der Waals surface area (Å²) in [5.74, 6) is 0.865. The summed E-state index contributed by atoms with van der Waals surface area (Å²) in [7, 11) is 3.84. The smallest absolute Gasteiger partial charge is 0.194 e. The van der Waals surface area contributed by atoms with Crippen molar-refractivity contribution in [3.8, 4) is 0 Å². The minimum Gasteiger partial charge on any atom is -0.351 e. The van der Waals surface area contributed by atoms with Crippen LogP contribution in [-0.2, 0) is 13.1 Å². The van der Waals surface area contributed by atoms with Crippen LogP contribution in [0.4, 0.5) is 0 Å². The van der Waals surface area contributed by atoms with Crippen molar-refractivity contribution in [1.29, 1.82) is 0 Å². The van der Waals surface area contributed by atoms with Crippen molar-refractivity contribution in [3.63, 3.8) is 0 Å². The van der Waals surface area contributed by atoms with Gasteiger partial charge in [0.25, 0.3) is 0 Å². The van der Waals surface area contributed by atoms with Crippen LogP contribution in [0.2, 0.25) is 0 Å². The molecule has 0 aromatic carbocycles. The molecule has 2 rings (SSSR count). The topological polar surface area (TPSA) is 40.5 Å². The Morgan fingerprint density at radius 3 is 2.77 bits per heavy atom. The van der Waals surface area contributed by atoms with Gasteiger partial charge in [-0.1, -0.05) is 6.07 Å². The van der Waals surface area contributed by atoms with Crippen LogP contribution in [0.25, 0.3) is 0 Å². The highest BCUT2D eigenvalue weighted by atomic mass is 127. The average molecular weight is 495 g/mol.